The molecule has 0 aliphatic carbocycles. The van der Waals surface area contributed by atoms with E-state index in [9.17, 15) is 38.4 Å². The fourth-order valence-electron chi connectivity index (χ4n) is 10.8. The zero-order valence-electron chi connectivity index (χ0n) is 52.3. The minimum Gasteiger partial charge on any atom is -0.339 e. The first-order chi connectivity index (χ1) is 47.2. The van der Waals surface area contributed by atoms with Gasteiger partial charge in [-0.15, -0.1) is 0 Å². The molecule has 0 radical (unpaired) electrons. The first-order valence-electron chi connectivity index (χ1n) is 30.4. The third-order valence-electron chi connectivity index (χ3n) is 15.3. The number of para-hydroxylation sites is 4. The van der Waals surface area contributed by atoms with Crippen LogP contribution >= 0.6 is 0 Å². The lowest BCUT2D eigenvalue weighted by Crippen LogP contribution is -2.34. The molecule has 12 aromatic heterocycles. The second-order valence-electron chi connectivity index (χ2n) is 21.9. The van der Waals surface area contributed by atoms with Crippen LogP contribution in [0, 0.1) is 0 Å². The molecule has 0 saturated carbocycles. The molecule has 32 heteroatoms. The van der Waals surface area contributed by atoms with Crippen LogP contribution in [0.15, 0.2) is 190 Å². The molecule has 0 spiro atoms. The average Bonchev–Trinajstić information content (AvgIpc) is 1.63. The number of fused-ring (bicyclic) bond motifs is 12. The van der Waals surface area contributed by atoms with Crippen molar-refractivity contribution in [1.29, 1.82) is 0 Å². The highest BCUT2D eigenvalue weighted by molar-refractivity contribution is 6.07. The molecule has 4 aromatic carbocycles. The molecule has 4 amide bonds. The Bertz CT molecular complexity index is 5900. The van der Waals surface area contributed by atoms with Crippen LogP contribution in [0.2, 0.25) is 0 Å². The highest BCUT2D eigenvalue weighted by atomic mass is 16.2. The van der Waals surface area contributed by atoms with Crippen molar-refractivity contribution in [2.45, 2.75) is 40.2 Å². The van der Waals surface area contributed by atoms with E-state index in [1.54, 1.807) is 6.20 Å². The number of carbonyl (C=O) groups is 4. The van der Waals surface area contributed by atoms with Gasteiger partial charge in [0.15, 0.2) is 22.6 Å². The van der Waals surface area contributed by atoms with Gasteiger partial charge in [-0.2, -0.15) is 39.1 Å². The first kappa shape index (κ1) is 62.1. The molecule has 0 unspecified atom stereocenters. The van der Waals surface area contributed by atoms with E-state index in [0.29, 0.717) is 101 Å². The van der Waals surface area contributed by atoms with Crippen LogP contribution in [0.25, 0.3) is 110 Å². The molecule has 16 rings (SSSR count). The Balaban J connectivity index is 0.000000117. The van der Waals surface area contributed by atoms with Gasteiger partial charge in [-0.3, -0.25) is 39.6 Å². The van der Waals surface area contributed by atoms with E-state index in [1.807, 2.05) is 149 Å². The summed E-state index contributed by atoms with van der Waals surface area (Å²) in [6.45, 7) is 8.58. The van der Waals surface area contributed by atoms with E-state index in [1.165, 1.54) is 83.2 Å². The first-order valence-corrected chi connectivity index (χ1v) is 30.4. The molecular weight excluding hydrogens is 1240 g/mol. The van der Waals surface area contributed by atoms with E-state index < -0.39 is 6.03 Å². The Labute approximate surface area is 543 Å². The van der Waals surface area contributed by atoms with Gasteiger partial charge in [0.25, 0.3) is 22.2 Å². The molecule has 0 aliphatic rings. The fraction of sp³-hybridized carbons (Fsp3) is 0.138. The summed E-state index contributed by atoms with van der Waals surface area (Å²) in [4.78, 5) is 116. The number of hydrogen-bond donors (Lipinski definition) is 8. The number of amides is 4. The summed E-state index contributed by atoms with van der Waals surface area (Å²) in [5.74, 6) is 0. The van der Waals surface area contributed by atoms with Gasteiger partial charge in [0.1, 0.15) is 0 Å². The van der Waals surface area contributed by atoms with Gasteiger partial charge in [-0.05, 0) is 75.7 Å². The van der Waals surface area contributed by atoms with E-state index in [-0.39, 0.29) is 46.4 Å². The second-order valence-corrected chi connectivity index (χ2v) is 21.9. The summed E-state index contributed by atoms with van der Waals surface area (Å²) in [7, 11) is 1.52. The SMILES string of the molecule is CC(C)NC(=O)n1ncc2c3[nH]n(-c4ccccc4)c(=O)c3cnc21.CCCNC(=O)n1ncc2c3[nH]n(-c4ccccc4)c(=O)c3cnc21.CCNC(=O)n1ncc2c3[nH]n(-c4ccccc4)c(=O)c3cnc21.CNC(=O)n1ncc2c3[nH]n(-c4ccccc4)c(=O)c3cnc21. The Morgan fingerprint density at radius 2 is 0.660 bits per heavy atom. The van der Waals surface area contributed by atoms with Crippen molar-refractivity contribution >= 4 is 112 Å². The molecule has 8 N–H and O–H groups in total. The van der Waals surface area contributed by atoms with Gasteiger partial charge in [0.05, 0.1) is 113 Å². The molecule has 486 valence electrons. The lowest BCUT2D eigenvalue weighted by Gasteiger charge is -2.07. The number of aromatic nitrogens is 20. The van der Waals surface area contributed by atoms with E-state index in [0.717, 1.165) is 33.9 Å². The van der Waals surface area contributed by atoms with Crippen molar-refractivity contribution in [1.82, 2.24) is 119 Å². The standard InChI is InChI=1S/2C17H16N6O2.C16H14N6O2.C15H12N6O2/c1-10(2)20-17(25)23-15-12(9-19-23)14-13(8-18-15)16(24)22(21-14)11-6-4-3-5-7-11;1-2-8-18-17(25)23-15-12(10-20-23)14-13(9-19-15)16(24)22(21-14)11-6-4-3-5-7-11;1-2-17-16(24)22-14-11(9-19-22)13-12(8-18-14)15(23)21(20-13)10-6-4-3-5-7-10;1-16-15(23)21-13-10(8-18-21)12-11(7-17-13)14(22)20(19-12)9-5-3-2-4-6-9/h3-10,21H,1-2H3,(H,20,25);3-7,9-10,21H,2,8H2,1H3,(H,18,25);3-9,20H,2H2,1H3,(H,17,24);2-8,19H,1H3,(H,16,23). The maximum atomic E-state index is 12.6. The quantitative estimate of drug-likeness (QED) is 0.0762. The monoisotopic (exact) mass is 1300 g/mol. The number of rotatable bonds is 8. The molecule has 12 heterocycles. The van der Waals surface area contributed by atoms with Gasteiger partial charge in [0.2, 0.25) is 0 Å². The van der Waals surface area contributed by atoms with Crippen LogP contribution in [-0.2, 0) is 0 Å². The minimum atomic E-state index is -0.392. The maximum Gasteiger partial charge on any atom is 0.344 e. The van der Waals surface area contributed by atoms with Crippen LogP contribution < -0.4 is 43.5 Å². The molecule has 0 saturated heterocycles. The zero-order chi connectivity index (χ0) is 67.6. The largest absolute Gasteiger partial charge is 0.344 e. The third-order valence-corrected chi connectivity index (χ3v) is 15.3. The Morgan fingerprint density at radius 3 is 0.928 bits per heavy atom. The summed E-state index contributed by atoms with van der Waals surface area (Å²) in [6, 6.07) is 35.6. The predicted octanol–water partition coefficient (Wildman–Crippen LogP) is 6.95. The highest BCUT2D eigenvalue weighted by Crippen LogP contribution is 2.25. The van der Waals surface area contributed by atoms with Crippen molar-refractivity contribution in [3.63, 3.8) is 0 Å². The zero-order valence-corrected chi connectivity index (χ0v) is 52.3. The maximum absolute atomic E-state index is 12.6. The van der Waals surface area contributed by atoms with Crippen molar-refractivity contribution in [3.8, 4) is 22.7 Å². The van der Waals surface area contributed by atoms with Crippen molar-refractivity contribution < 1.29 is 19.2 Å². The number of carbonyl (C=O) groups excluding carboxylic acids is 4. The second kappa shape index (κ2) is 26.1. The lowest BCUT2D eigenvalue weighted by molar-refractivity contribution is 0.237. The van der Waals surface area contributed by atoms with Gasteiger partial charge in [0, 0.05) is 51.0 Å². The van der Waals surface area contributed by atoms with Crippen molar-refractivity contribution in [2.24, 2.45) is 0 Å². The number of hydrogen-bond acceptors (Lipinski definition) is 16. The highest BCUT2D eigenvalue weighted by Gasteiger charge is 2.23. The molecule has 0 bridgehead atoms. The molecule has 0 fully saturated rings. The van der Waals surface area contributed by atoms with Gasteiger partial charge in [-0.1, -0.05) is 79.7 Å². The fourth-order valence-corrected chi connectivity index (χ4v) is 10.8. The smallest absolute Gasteiger partial charge is 0.339 e. The van der Waals surface area contributed by atoms with Gasteiger partial charge >= 0.3 is 24.1 Å². The number of nitrogens with one attached hydrogen (secondary N) is 8. The molecule has 16 aromatic rings. The van der Waals surface area contributed by atoms with Crippen LogP contribution in [0.4, 0.5) is 19.2 Å². The number of benzene rings is 4. The van der Waals surface area contributed by atoms with E-state index in [4.69, 9.17) is 0 Å². The van der Waals surface area contributed by atoms with Crippen LogP contribution in [0.3, 0.4) is 0 Å². The molecule has 32 nitrogen and oxygen atoms in total. The number of pyridine rings is 4. The van der Waals surface area contributed by atoms with Gasteiger partial charge < -0.3 is 21.3 Å². The molecule has 97 heavy (non-hydrogen) atoms. The van der Waals surface area contributed by atoms with E-state index >= 15 is 0 Å². The number of aromatic amines is 4. The normalized spacial score (nSPS) is 11.3. The summed E-state index contributed by atoms with van der Waals surface area (Å²) >= 11 is 0. The minimum absolute atomic E-state index is 0.0190. The van der Waals surface area contributed by atoms with Crippen LogP contribution in [-0.4, -0.2) is 148 Å². The van der Waals surface area contributed by atoms with Crippen molar-refractivity contribution in [3.05, 3.63) is 212 Å². The number of nitrogens with zero attached hydrogens (tertiary/aromatic N) is 16. The topological polar surface area (TPSA) is 390 Å². The lowest BCUT2D eigenvalue weighted by atomic mass is 10.2. The van der Waals surface area contributed by atoms with Crippen LogP contribution in [0.1, 0.15) is 34.1 Å². The summed E-state index contributed by atoms with van der Waals surface area (Å²) in [5.41, 5.74) is 6.09. The van der Waals surface area contributed by atoms with Crippen molar-refractivity contribution in [2.75, 3.05) is 20.1 Å². The molecule has 0 atom stereocenters. The molecule has 0 aliphatic heterocycles. The van der Waals surface area contributed by atoms with Gasteiger partial charge in [-0.25, -0.2) is 57.8 Å². The Kier molecular flexibility index (Phi) is 16.7. The third kappa shape index (κ3) is 11.5. The Morgan fingerprint density at radius 1 is 0.381 bits per heavy atom. The number of H-pyrrole nitrogens is 4. The van der Waals surface area contributed by atoms with Crippen LogP contribution in [0.5, 0.6) is 0 Å². The average molecular weight is 1300 g/mol. The Hall–Kier alpha value is -13.7. The summed E-state index contributed by atoms with van der Waals surface area (Å²) in [6.07, 6.45) is 12.8. The summed E-state index contributed by atoms with van der Waals surface area (Å²) in [5, 5.41) is 43.7. The predicted molar refractivity (Wildman–Crippen MR) is 362 cm³/mol. The summed E-state index contributed by atoms with van der Waals surface area (Å²) < 4.78 is 10.6. The molecular formula is C65H58N24O8. The van der Waals surface area contributed by atoms with E-state index in [2.05, 4.69) is 82.0 Å².